The third-order valence-electron chi connectivity index (χ3n) is 4.82. The monoisotopic (exact) mass is 329 g/mol. The Kier molecular flexibility index (Phi) is 4.03. The zero-order chi connectivity index (χ0) is 16.8. The molecule has 0 bridgehead atoms. The van der Waals surface area contributed by atoms with E-state index in [2.05, 4.69) is 18.0 Å². The second-order valence-corrected chi connectivity index (χ2v) is 7.37. The summed E-state index contributed by atoms with van der Waals surface area (Å²) in [6, 6.07) is 10.1. The molecule has 1 fully saturated rings. The van der Waals surface area contributed by atoms with Gasteiger partial charge < -0.3 is 9.31 Å². The smallest absolute Gasteiger partial charge is 0.399 e. The lowest BCUT2D eigenvalue weighted by Gasteiger charge is -2.32. The van der Waals surface area contributed by atoms with E-state index in [1.165, 1.54) is 0 Å². The quantitative estimate of drug-likeness (QED) is 0.616. The highest BCUT2D eigenvalue weighted by atomic mass is 35.5. The molecular formula is C18H21BClNO2. The molecule has 1 saturated heterocycles. The molecule has 3 nitrogen and oxygen atoms in total. The molecule has 0 amide bonds. The van der Waals surface area contributed by atoms with Crippen molar-refractivity contribution in [2.45, 2.75) is 45.8 Å². The zero-order valence-electron chi connectivity index (χ0n) is 14.2. The molecule has 0 unspecified atom stereocenters. The van der Waals surface area contributed by atoms with Crippen LogP contribution in [0.25, 0.3) is 11.1 Å². The number of aryl methyl sites for hydroxylation is 1. The summed E-state index contributed by atoms with van der Waals surface area (Å²) < 4.78 is 12.2. The summed E-state index contributed by atoms with van der Waals surface area (Å²) in [5.41, 5.74) is 3.26. The van der Waals surface area contributed by atoms with Crippen LogP contribution in [0.5, 0.6) is 0 Å². The Bertz CT molecular complexity index is 730. The Labute approximate surface area is 143 Å². The fourth-order valence-corrected chi connectivity index (χ4v) is 2.84. The van der Waals surface area contributed by atoms with Gasteiger partial charge in [0, 0.05) is 17.2 Å². The maximum Gasteiger partial charge on any atom is 0.496 e. The molecule has 2 heterocycles. The highest BCUT2D eigenvalue weighted by Crippen LogP contribution is 2.37. The lowest BCUT2D eigenvalue weighted by atomic mass is 9.79. The average Bonchev–Trinajstić information content (AvgIpc) is 2.69. The first-order chi connectivity index (χ1) is 10.7. The molecule has 1 aliphatic rings. The normalized spacial score (nSPS) is 19.1. The second-order valence-electron chi connectivity index (χ2n) is 7.01. The van der Waals surface area contributed by atoms with E-state index >= 15 is 0 Å². The van der Waals surface area contributed by atoms with E-state index < -0.39 is 7.12 Å². The highest BCUT2D eigenvalue weighted by molar-refractivity contribution is 6.62. The van der Waals surface area contributed by atoms with Crippen molar-refractivity contribution in [1.29, 1.82) is 0 Å². The van der Waals surface area contributed by atoms with Crippen LogP contribution >= 0.6 is 11.6 Å². The summed E-state index contributed by atoms with van der Waals surface area (Å²) in [7, 11) is -0.437. The number of aromatic nitrogens is 1. The van der Waals surface area contributed by atoms with Gasteiger partial charge in [0.25, 0.3) is 0 Å². The van der Waals surface area contributed by atoms with Gasteiger partial charge in [-0.2, -0.15) is 0 Å². The third-order valence-corrected chi connectivity index (χ3v) is 5.12. The molecular weight excluding hydrogens is 308 g/mol. The minimum absolute atomic E-state index is 0.375. The largest absolute Gasteiger partial charge is 0.496 e. The van der Waals surface area contributed by atoms with E-state index in [9.17, 15) is 0 Å². The summed E-state index contributed by atoms with van der Waals surface area (Å²) in [6.07, 6.45) is 1.73. The first kappa shape index (κ1) is 16.5. The number of halogens is 1. The summed E-state index contributed by atoms with van der Waals surface area (Å²) in [4.78, 5) is 4.34. The van der Waals surface area contributed by atoms with E-state index in [0.29, 0.717) is 5.15 Å². The SMILES string of the molecule is Cc1ccccc1-c1cc(B2OC(C)(C)C(C)(C)O2)cnc1Cl. The Balaban J connectivity index is 2.01. The number of nitrogens with zero attached hydrogens (tertiary/aromatic N) is 1. The van der Waals surface area contributed by atoms with Gasteiger partial charge in [0.15, 0.2) is 0 Å². The summed E-state index contributed by atoms with van der Waals surface area (Å²) in [5.74, 6) is 0. The van der Waals surface area contributed by atoms with Gasteiger partial charge in [-0.15, -0.1) is 0 Å². The van der Waals surface area contributed by atoms with E-state index in [4.69, 9.17) is 20.9 Å². The van der Waals surface area contributed by atoms with Gasteiger partial charge in [0.05, 0.1) is 11.2 Å². The van der Waals surface area contributed by atoms with Crippen LogP contribution in [0.15, 0.2) is 36.5 Å². The van der Waals surface area contributed by atoms with E-state index in [1.807, 2.05) is 52.0 Å². The summed E-state index contributed by atoms with van der Waals surface area (Å²) >= 11 is 6.33. The maximum absolute atomic E-state index is 6.33. The summed E-state index contributed by atoms with van der Waals surface area (Å²) in [6.45, 7) is 10.2. The molecule has 0 spiro atoms. The van der Waals surface area contributed by atoms with Crippen LogP contribution in [0.3, 0.4) is 0 Å². The second kappa shape index (κ2) is 5.62. The molecule has 0 atom stereocenters. The van der Waals surface area contributed by atoms with Gasteiger partial charge in [-0.05, 0) is 51.8 Å². The fourth-order valence-electron chi connectivity index (χ4n) is 2.64. The van der Waals surface area contributed by atoms with Crippen molar-refractivity contribution in [3.63, 3.8) is 0 Å². The molecule has 0 radical (unpaired) electrons. The molecule has 1 aromatic carbocycles. The van der Waals surface area contributed by atoms with Crippen LogP contribution < -0.4 is 5.46 Å². The van der Waals surface area contributed by atoms with E-state index in [0.717, 1.165) is 22.2 Å². The lowest BCUT2D eigenvalue weighted by molar-refractivity contribution is 0.00578. The van der Waals surface area contributed by atoms with Gasteiger partial charge in [-0.1, -0.05) is 35.9 Å². The maximum atomic E-state index is 6.33. The van der Waals surface area contributed by atoms with Crippen molar-refractivity contribution in [2.75, 3.05) is 0 Å². The number of hydrogen-bond donors (Lipinski definition) is 0. The first-order valence-corrected chi connectivity index (χ1v) is 8.16. The van der Waals surface area contributed by atoms with Crippen molar-refractivity contribution in [1.82, 2.24) is 4.98 Å². The molecule has 120 valence electrons. The number of rotatable bonds is 2. The van der Waals surface area contributed by atoms with Crippen molar-refractivity contribution in [3.8, 4) is 11.1 Å². The van der Waals surface area contributed by atoms with Gasteiger partial charge in [0.2, 0.25) is 0 Å². The number of pyridine rings is 1. The molecule has 0 saturated carbocycles. The van der Waals surface area contributed by atoms with Crippen LogP contribution in [-0.4, -0.2) is 23.3 Å². The Hall–Kier alpha value is -1.36. The summed E-state index contributed by atoms with van der Waals surface area (Å²) in [5, 5.41) is 0.486. The first-order valence-electron chi connectivity index (χ1n) is 7.78. The Morgan fingerprint density at radius 2 is 1.61 bits per heavy atom. The van der Waals surface area contributed by atoms with Gasteiger partial charge in [-0.3, -0.25) is 0 Å². The molecule has 3 rings (SSSR count). The van der Waals surface area contributed by atoms with Gasteiger partial charge in [-0.25, -0.2) is 4.98 Å². The van der Waals surface area contributed by atoms with Crippen LogP contribution in [0, 0.1) is 6.92 Å². The minimum atomic E-state index is -0.437. The Morgan fingerprint density at radius 3 is 2.22 bits per heavy atom. The average molecular weight is 330 g/mol. The van der Waals surface area contributed by atoms with Crippen LogP contribution in [0.1, 0.15) is 33.3 Å². The van der Waals surface area contributed by atoms with Crippen molar-refractivity contribution < 1.29 is 9.31 Å². The molecule has 2 aromatic rings. The number of hydrogen-bond acceptors (Lipinski definition) is 3. The molecule has 5 heteroatoms. The third kappa shape index (κ3) is 2.91. The van der Waals surface area contributed by atoms with Crippen molar-refractivity contribution >= 4 is 24.2 Å². The number of benzene rings is 1. The van der Waals surface area contributed by atoms with Crippen LogP contribution in [0.2, 0.25) is 5.15 Å². The molecule has 23 heavy (non-hydrogen) atoms. The molecule has 0 aliphatic carbocycles. The van der Waals surface area contributed by atoms with Crippen LogP contribution in [-0.2, 0) is 9.31 Å². The standard InChI is InChI=1S/C18H21BClNO2/c1-12-8-6-7-9-14(12)15-10-13(11-21-16(15)20)19-22-17(2,3)18(4,5)23-19/h6-11H,1-5H3. The molecule has 0 N–H and O–H groups in total. The minimum Gasteiger partial charge on any atom is -0.399 e. The molecule has 1 aromatic heterocycles. The topological polar surface area (TPSA) is 31.4 Å². The van der Waals surface area contributed by atoms with Gasteiger partial charge in [0.1, 0.15) is 5.15 Å². The van der Waals surface area contributed by atoms with E-state index in [-0.39, 0.29) is 11.2 Å². The highest BCUT2D eigenvalue weighted by Gasteiger charge is 2.51. The zero-order valence-corrected chi connectivity index (χ0v) is 14.9. The predicted octanol–water partition coefficient (Wildman–Crippen LogP) is 4.01. The lowest BCUT2D eigenvalue weighted by Crippen LogP contribution is -2.41. The van der Waals surface area contributed by atoms with Crippen LogP contribution in [0.4, 0.5) is 0 Å². The Morgan fingerprint density at radius 1 is 1.00 bits per heavy atom. The van der Waals surface area contributed by atoms with Gasteiger partial charge >= 0.3 is 7.12 Å². The fraction of sp³-hybridized carbons (Fsp3) is 0.389. The molecule has 1 aliphatic heterocycles. The van der Waals surface area contributed by atoms with Crippen molar-refractivity contribution in [3.05, 3.63) is 47.2 Å². The van der Waals surface area contributed by atoms with E-state index in [1.54, 1.807) is 6.20 Å². The van der Waals surface area contributed by atoms with Crippen molar-refractivity contribution in [2.24, 2.45) is 0 Å². The predicted molar refractivity (Wildman–Crippen MR) is 95.1 cm³/mol.